The molecule has 0 amide bonds. The average molecular weight is 371 g/mol. The lowest BCUT2D eigenvalue weighted by Gasteiger charge is -2.47. The molecule has 0 radical (unpaired) electrons. The first kappa shape index (κ1) is 23.9. The highest BCUT2D eigenvalue weighted by atomic mass is 16.7. The van der Waals surface area contributed by atoms with E-state index >= 15 is 0 Å². The fraction of sp³-hybridized carbons (Fsp3) is 1.00. The summed E-state index contributed by atoms with van der Waals surface area (Å²) in [6, 6.07) is 0. The Morgan fingerprint density at radius 3 is 1.85 bits per heavy atom. The molecule has 26 heavy (non-hydrogen) atoms. The zero-order valence-corrected chi connectivity index (χ0v) is 19.0. The normalized spacial score (nSPS) is 22.3. The summed E-state index contributed by atoms with van der Waals surface area (Å²) in [7, 11) is 0. The van der Waals surface area contributed by atoms with E-state index in [1.54, 1.807) is 0 Å². The number of rotatable bonds is 8. The van der Waals surface area contributed by atoms with Gasteiger partial charge in [-0.3, -0.25) is 0 Å². The number of hydrogen-bond acceptors (Lipinski definition) is 3. The van der Waals surface area contributed by atoms with Gasteiger partial charge < -0.3 is 14.6 Å². The first-order chi connectivity index (χ1) is 11.7. The van der Waals surface area contributed by atoms with E-state index in [4.69, 9.17) is 9.47 Å². The van der Waals surface area contributed by atoms with Gasteiger partial charge in [0.2, 0.25) is 0 Å². The minimum absolute atomic E-state index is 0.0617. The van der Waals surface area contributed by atoms with Crippen LogP contribution in [0, 0.1) is 22.2 Å². The van der Waals surface area contributed by atoms with E-state index in [-0.39, 0.29) is 28.6 Å². The first-order valence-corrected chi connectivity index (χ1v) is 10.7. The Bertz CT molecular complexity index is 399. The molecule has 0 spiro atoms. The molecule has 0 saturated heterocycles. The van der Waals surface area contributed by atoms with Gasteiger partial charge in [-0.2, -0.15) is 0 Å². The maximum Gasteiger partial charge on any atom is 0.163 e. The minimum Gasteiger partial charge on any atom is -0.367 e. The van der Waals surface area contributed by atoms with Crippen LogP contribution in [-0.4, -0.2) is 23.8 Å². The molecule has 3 atom stereocenters. The van der Waals surface area contributed by atoms with E-state index in [2.05, 4.69) is 62.3 Å². The van der Waals surface area contributed by atoms with Crippen LogP contribution in [0.2, 0.25) is 0 Å². The Morgan fingerprint density at radius 1 is 0.885 bits per heavy atom. The average Bonchev–Trinajstić information content (AvgIpc) is 2.44. The molecule has 1 aliphatic carbocycles. The Hall–Kier alpha value is -0.120. The summed E-state index contributed by atoms with van der Waals surface area (Å²) >= 11 is 0. The van der Waals surface area contributed by atoms with Crippen molar-refractivity contribution in [1.82, 2.24) is 0 Å². The summed E-state index contributed by atoms with van der Waals surface area (Å²) in [6.07, 6.45) is 6.82. The third-order valence-corrected chi connectivity index (χ3v) is 6.05. The van der Waals surface area contributed by atoms with Gasteiger partial charge in [0.15, 0.2) is 12.6 Å². The van der Waals surface area contributed by atoms with Crippen LogP contribution in [0.25, 0.3) is 0 Å². The lowest BCUT2D eigenvalue weighted by molar-refractivity contribution is -0.299. The summed E-state index contributed by atoms with van der Waals surface area (Å²) in [5.74, 6) is 0.498. The number of aliphatic hydroxyl groups excluding tert-OH is 1. The van der Waals surface area contributed by atoms with E-state index in [1.165, 1.54) is 19.3 Å². The molecule has 156 valence electrons. The van der Waals surface area contributed by atoms with Gasteiger partial charge in [0.1, 0.15) is 0 Å². The molecule has 0 heterocycles. The molecule has 0 bridgehead atoms. The Kier molecular flexibility index (Phi) is 8.63. The van der Waals surface area contributed by atoms with E-state index in [0.717, 1.165) is 25.7 Å². The zero-order valence-electron chi connectivity index (χ0n) is 19.0. The molecular formula is C23H46O3. The van der Waals surface area contributed by atoms with Gasteiger partial charge in [0.25, 0.3) is 0 Å². The number of ether oxygens (including phenoxy) is 2. The fourth-order valence-electron chi connectivity index (χ4n) is 3.96. The van der Waals surface area contributed by atoms with Crippen molar-refractivity contribution < 1.29 is 14.6 Å². The van der Waals surface area contributed by atoms with Gasteiger partial charge in [-0.15, -0.1) is 0 Å². The summed E-state index contributed by atoms with van der Waals surface area (Å²) in [5.41, 5.74) is -0.295. The second kappa shape index (κ2) is 9.39. The van der Waals surface area contributed by atoms with Crippen LogP contribution in [0.3, 0.4) is 0 Å². The predicted molar refractivity (Wildman–Crippen MR) is 110 cm³/mol. The zero-order chi connectivity index (χ0) is 20.2. The molecule has 1 fully saturated rings. The molecule has 0 aromatic rings. The molecule has 0 aromatic carbocycles. The largest absolute Gasteiger partial charge is 0.367 e. The third kappa shape index (κ3) is 7.48. The molecule has 3 heteroatoms. The van der Waals surface area contributed by atoms with Crippen molar-refractivity contribution in [3.05, 3.63) is 0 Å². The second-order valence-corrected chi connectivity index (χ2v) is 11.3. The monoisotopic (exact) mass is 370 g/mol. The maximum absolute atomic E-state index is 11.1. The number of hydrogen-bond donors (Lipinski definition) is 1. The van der Waals surface area contributed by atoms with Gasteiger partial charge in [-0.05, 0) is 36.0 Å². The highest BCUT2D eigenvalue weighted by molar-refractivity contribution is 4.90. The van der Waals surface area contributed by atoms with Crippen molar-refractivity contribution in [3.63, 3.8) is 0 Å². The van der Waals surface area contributed by atoms with Crippen LogP contribution < -0.4 is 0 Å². The van der Waals surface area contributed by atoms with Crippen molar-refractivity contribution in [3.8, 4) is 0 Å². The Balaban J connectivity index is 2.91. The summed E-state index contributed by atoms with van der Waals surface area (Å²) in [6.45, 7) is 19.8. The molecule has 3 unspecified atom stereocenters. The Morgan fingerprint density at radius 2 is 1.42 bits per heavy atom. The highest BCUT2D eigenvalue weighted by Gasteiger charge is 2.46. The van der Waals surface area contributed by atoms with E-state index < -0.39 is 6.29 Å². The minimum atomic E-state index is -0.833. The van der Waals surface area contributed by atoms with Crippen molar-refractivity contribution in [2.24, 2.45) is 22.2 Å². The van der Waals surface area contributed by atoms with E-state index in [1.807, 2.05) is 0 Å². The molecule has 1 saturated carbocycles. The standard InChI is InChI=1S/C23H46O3/c1-17(2)15-23(9,22(6,7)8)20(24)26-19(16-21(3,4)5)25-18-13-11-10-12-14-18/h17-20,24H,10-16H2,1-9H3. The summed E-state index contributed by atoms with van der Waals surface area (Å²) in [4.78, 5) is 0. The molecule has 1 aliphatic rings. The fourth-order valence-corrected chi connectivity index (χ4v) is 3.96. The topological polar surface area (TPSA) is 38.7 Å². The predicted octanol–water partition coefficient (Wildman–Crippen LogP) is 6.53. The van der Waals surface area contributed by atoms with Crippen molar-refractivity contribution >= 4 is 0 Å². The van der Waals surface area contributed by atoms with E-state index in [9.17, 15) is 5.11 Å². The first-order valence-electron chi connectivity index (χ1n) is 10.7. The van der Waals surface area contributed by atoms with Crippen LogP contribution in [0.5, 0.6) is 0 Å². The Labute approximate surface area is 163 Å². The summed E-state index contributed by atoms with van der Waals surface area (Å²) in [5, 5.41) is 11.1. The number of aliphatic hydroxyl groups is 1. The van der Waals surface area contributed by atoms with Crippen molar-refractivity contribution in [2.75, 3.05) is 0 Å². The van der Waals surface area contributed by atoms with Crippen molar-refractivity contribution in [1.29, 1.82) is 0 Å². The lowest BCUT2D eigenvalue weighted by Crippen LogP contribution is -2.48. The van der Waals surface area contributed by atoms with Gasteiger partial charge in [0, 0.05) is 11.8 Å². The van der Waals surface area contributed by atoms with Crippen LogP contribution in [0.1, 0.15) is 107 Å². The van der Waals surface area contributed by atoms with Gasteiger partial charge >= 0.3 is 0 Å². The SMILES string of the molecule is CC(C)CC(C)(C(O)OC(CC(C)(C)C)OC1CCCCC1)C(C)(C)C. The molecule has 3 nitrogen and oxygen atoms in total. The van der Waals surface area contributed by atoms with E-state index in [0.29, 0.717) is 5.92 Å². The van der Waals surface area contributed by atoms with Crippen LogP contribution in [0.15, 0.2) is 0 Å². The molecule has 1 rings (SSSR count). The maximum atomic E-state index is 11.1. The van der Waals surface area contributed by atoms with Crippen LogP contribution in [-0.2, 0) is 9.47 Å². The third-order valence-electron chi connectivity index (χ3n) is 6.05. The smallest absolute Gasteiger partial charge is 0.163 e. The highest BCUT2D eigenvalue weighted by Crippen LogP contribution is 2.47. The van der Waals surface area contributed by atoms with Crippen molar-refractivity contribution in [2.45, 2.75) is 126 Å². The second-order valence-electron chi connectivity index (χ2n) is 11.3. The van der Waals surface area contributed by atoms with Crippen LogP contribution in [0.4, 0.5) is 0 Å². The van der Waals surface area contributed by atoms with Gasteiger partial charge in [-0.1, -0.05) is 81.6 Å². The summed E-state index contributed by atoms with van der Waals surface area (Å²) < 4.78 is 12.6. The molecule has 0 aromatic heterocycles. The molecule has 1 N–H and O–H groups in total. The van der Waals surface area contributed by atoms with Gasteiger partial charge in [-0.25, -0.2) is 0 Å². The van der Waals surface area contributed by atoms with Crippen LogP contribution >= 0.6 is 0 Å². The van der Waals surface area contributed by atoms with Gasteiger partial charge in [0.05, 0.1) is 6.10 Å². The lowest BCUT2D eigenvalue weighted by atomic mass is 9.63. The quantitative estimate of drug-likeness (QED) is 0.493. The molecule has 0 aliphatic heterocycles. The molecular weight excluding hydrogens is 324 g/mol.